The maximum Gasteiger partial charge on any atom is 0.123 e. The van der Waals surface area contributed by atoms with Crippen LogP contribution in [-0.2, 0) is 0 Å². The molecule has 2 N–H and O–H groups in total. The molecule has 0 aliphatic rings. The highest BCUT2D eigenvalue weighted by atomic mass is 14.8. The van der Waals surface area contributed by atoms with Crippen molar-refractivity contribution in [1.29, 1.82) is 0 Å². The van der Waals surface area contributed by atoms with Gasteiger partial charge in [-0.2, -0.15) is 0 Å². The van der Waals surface area contributed by atoms with Gasteiger partial charge in [-0.1, -0.05) is 19.8 Å². The van der Waals surface area contributed by atoms with Gasteiger partial charge < -0.3 is 5.73 Å². The van der Waals surface area contributed by atoms with Crippen molar-refractivity contribution in [1.82, 2.24) is 4.98 Å². The highest BCUT2D eigenvalue weighted by Crippen LogP contribution is 2.12. The van der Waals surface area contributed by atoms with E-state index in [1.165, 1.54) is 12.1 Å². The van der Waals surface area contributed by atoms with Crippen LogP contribution in [0.4, 0.5) is 5.82 Å². The molecule has 10 heavy (non-hydrogen) atoms. The Labute approximate surface area is 70.9 Å². The summed E-state index contributed by atoms with van der Waals surface area (Å²) < 4.78 is 51.4. The standard InChI is InChI=1S/C8H12N2/c1-6(2)7-3-4-8(9)10-5-7/h3-6H,1-2H3,(H2,9,10)/i1D3,2D3,6D. The Bertz CT molecular complexity index is 378. The van der Waals surface area contributed by atoms with Gasteiger partial charge in [-0.05, 0) is 17.5 Å². The molecule has 54 valence electrons. The fourth-order valence-electron chi connectivity index (χ4n) is 0.553. The molecular formula is C8H12N2. The molecule has 0 unspecified atom stereocenters. The van der Waals surface area contributed by atoms with Crippen LogP contribution < -0.4 is 5.73 Å². The van der Waals surface area contributed by atoms with Crippen LogP contribution in [-0.4, -0.2) is 4.98 Å². The van der Waals surface area contributed by atoms with Crippen LogP contribution in [0.5, 0.6) is 0 Å². The van der Waals surface area contributed by atoms with Gasteiger partial charge in [0.25, 0.3) is 0 Å². The van der Waals surface area contributed by atoms with Gasteiger partial charge in [0.15, 0.2) is 0 Å². The second-order valence-corrected chi connectivity index (χ2v) is 1.85. The molecule has 0 saturated carbocycles. The molecule has 0 aromatic carbocycles. The number of aromatic nitrogens is 1. The van der Waals surface area contributed by atoms with Gasteiger partial charge >= 0.3 is 0 Å². The summed E-state index contributed by atoms with van der Waals surface area (Å²) in [5.41, 5.74) is 5.13. The molecule has 0 fully saturated rings. The lowest BCUT2D eigenvalue weighted by molar-refractivity contribution is 0.859. The van der Waals surface area contributed by atoms with E-state index in [1.54, 1.807) is 0 Å². The monoisotopic (exact) mass is 143 g/mol. The number of hydrogen-bond acceptors (Lipinski definition) is 2. The first-order chi connectivity index (χ1) is 7.50. The van der Waals surface area contributed by atoms with Gasteiger partial charge in [0.1, 0.15) is 5.82 Å². The third kappa shape index (κ3) is 1.47. The number of rotatable bonds is 1. The van der Waals surface area contributed by atoms with Gasteiger partial charge in [0.2, 0.25) is 0 Å². The van der Waals surface area contributed by atoms with Crippen LogP contribution in [0.15, 0.2) is 18.3 Å². The van der Waals surface area contributed by atoms with Crippen molar-refractivity contribution in [3.8, 4) is 0 Å². The lowest BCUT2D eigenvalue weighted by Crippen LogP contribution is -1.92. The van der Waals surface area contributed by atoms with Crippen LogP contribution in [0, 0.1) is 0 Å². The van der Waals surface area contributed by atoms with E-state index in [2.05, 4.69) is 4.98 Å². The summed E-state index contributed by atoms with van der Waals surface area (Å²) in [7, 11) is 0. The van der Waals surface area contributed by atoms with E-state index in [0.717, 1.165) is 6.20 Å². The SMILES string of the molecule is [2H]C([2H])([2H])C([2H])(c1ccc(N)nc1)C([2H])([2H])[2H]. The maximum atomic E-state index is 7.83. The zero-order valence-corrected chi connectivity index (χ0v) is 5.26. The topological polar surface area (TPSA) is 38.9 Å². The number of nitrogens with two attached hydrogens (primary N) is 1. The Balaban J connectivity index is 3.41. The molecule has 0 aliphatic carbocycles. The van der Waals surface area contributed by atoms with Gasteiger partial charge in [-0.3, -0.25) is 0 Å². The third-order valence-corrected chi connectivity index (χ3v) is 1.08. The summed E-state index contributed by atoms with van der Waals surface area (Å²) in [6.07, 6.45) is 1.01. The molecule has 0 amide bonds. The van der Waals surface area contributed by atoms with Gasteiger partial charge in [-0.15, -0.1) is 0 Å². The number of nitrogen functional groups attached to an aromatic ring is 1. The molecule has 1 aromatic heterocycles. The van der Waals surface area contributed by atoms with E-state index < -0.39 is 19.6 Å². The molecule has 0 bridgehead atoms. The molecule has 1 aromatic rings. The summed E-state index contributed by atoms with van der Waals surface area (Å²) >= 11 is 0. The van der Waals surface area contributed by atoms with Crippen molar-refractivity contribution in [3.05, 3.63) is 23.9 Å². The quantitative estimate of drug-likeness (QED) is 0.651. The second kappa shape index (κ2) is 2.69. The summed E-state index contributed by atoms with van der Waals surface area (Å²) in [5, 5.41) is 0. The molecule has 0 spiro atoms. The molecule has 0 saturated heterocycles. The minimum Gasteiger partial charge on any atom is -0.384 e. The number of hydrogen-bond donors (Lipinski definition) is 1. The largest absolute Gasteiger partial charge is 0.384 e. The van der Waals surface area contributed by atoms with Crippen molar-refractivity contribution in [2.45, 2.75) is 19.6 Å². The van der Waals surface area contributed by atoms with E-state index in [-0.39, 0.29) is 11.4 Å². The van der Waals surface area contributed by atoms with E-state index in [9.17, 15) is 0 Å². The van der Waals surface area contributed by atoms with E-state index in [0.29, 0.717) is 0 Å². The van der Waals surface area contributed by atoms with Crippen molar-refractivity contribution in [2.24, 2.45) is 0 Å². The van der Waals surface area contributed by atoms with Crippen LogP contribution in [0.3, 0.4) is 0 Å². The zero-order valence-electron chi connectivity index (χ0n) is 12.3. The lowest BCUT2D eigenvalue weighted by atomic mass is 10.1. The first kappa shape index (κ1) is 2.22. The predicted octanol–water partition coefficient (Wildman–Crippen LogP) is 1.79. The summed E-state index contributed by atoms with van der Waals surface area (Å²) in [5.74, 6) is -2.58. The van der Waals surface area contributed by atoms with Crippen LogP contribution >= 0.6 is 0 Å². The van der Waals surface area contributed by atoms with Crippen molar-refractivity contribution < 1.29 is 9.60 Å². The number of pyridine rings is 1. The van der Waals surface area contributed by atoms with Crippen molar-refractivity contribution in [3.63, 3.8) is 0 Å². The summed E-state index contributed by atoms with van der Waals surface area (Å²) in [6, 6.07) is 2.48. The highest BCUT2D eigenvalue weighted by molar-refractivity contribution is 5.30. The maximum absolute atomic E-state index is 7.83. The second-order valence-electron chi connectivity index (χ2n) is 1.85. The van der Waals surface area contributed by atoms with E-state index in [1.807, 2.05) is 0 Å². The summed E-state index contributed by atoms with van der Waals surface area (Å²) in [6.45, 7) is -5.98. The average Bonchev–Trinajstić information content (AvgIpc) is 2.14. The fraction of sp³-hybridized carbons (Fsp3) is 0.375. The Morgan fingerprint density at radius 3 is 3.00 bits per heavy atom. The van der Waals surface area contributed by atoms with Gasteiger partial charge in [-0.25, -0.2) is 4.98 Å². The van der Waals surface area contributed by atoms with E-state index in [4.69, 9.17) is 15.3 Å². The van der Waals surface area contributed by atoms with Crippen LogP contribution in [0.2, 0.25) is 0 Å². The van der Waals surface area contributed by atoms with Gasteiger partial charge in [0, 0.05) is 15.8 Å². The molecule has 1 heterocycles. The highest BCUT2D eigenvalue weighted by Gasteiger charge is 1.96. The summed E-state index contributed by atoms with van der Waals surface area (Å²) in [4.78, 5) is 3.63. The Morgan fingerprint density at radius 2 is 2.50 bits per heavy atom. The molecular weight excluding hydrogens is 124 g/mol. The van der Waals surface area contributed by atoms with E-state index >= 15 is 0 Å². The van der Waals surface area contributed by atoms with Gasteiger partial charge in [0.05, 0.1) is 0 Å². The molecule has 0 radical (unpaired) electrons. The minimum absolute atomic E-state index is 0.132. The average molecular weight is 143 g/mol. The van der Waals surface area contributed by atoms with Crippen molar-refractivity contribution >= 4 is 5.82 Å². The fourth-order valence-corrected chi connectivity index (χ4v) is 0.553. The number of nitrogens with zero attached hydrogens (tertiary/aromatic N) is 1. The number of anilines is 1. The zero-order chi connectivity index (χ0) is 13.5. The minimum atomic E-state index is -2.99. The molecule has 0 aliphatic heterocycles. The molecule has 1 rings (SSSR count). The molecule has 0 atom stereocenters. The molecule has 2 nitrogen and oxygen atoms in total. The Hall–Kier alpha value is -1.05. The van der Waals surface area contributed by atoms with Crippen molar-refractivity contribution in [2.75, 3.05) is 5.73 Å². The first-order valence-electron chi connectivity index (χ1n) is 6.22. The Kier molecular flexibility index (Phi) is 0.598. The smallest absolute Gasteiger partial charge is 0.123 e. The van der Waals surface area contributed by atoms with Crippen LogP contribution in [0.1, 0.15) is 34.8 Å². The first-order valence-corrected chi connectivity index (χ1v) is 2.72. The normalized spacial score (nSPS) is 24.2. The lowest BCUT2D eigenvalue weighted by Gasteiger charge is -2.02. The molecule has 2 heteroatoms. The predicted molar refractivity (Wildman–Crippen MR) is 42.7 cm³/mol. The van der Waals surface area contributed by atoms with Crippen LogP contribution in [0.25, 0.3) is 0 Å². The Morgan fingerprint density at radius 1 is 1.70 bits per heavy atom. The third-order valence-electron chi connectivity index (χ3n) is 1.08.